The van der Waals surface area contributed by atoms with Crippen molar-refractivity contribution < 1.29 is 23.7 Å². The quantitative estimate of drug-likeness (QED) is 0.168. The SMILES string of the molecule is CC(C)(C)c1ccc2c(c1)OCCO2.CC(C)(C)c1ccc2c(c1)OCO2.COc1ccc(C(C)(C)C)cc1.Cc1cccc(C(C)(C)C)c1.Cc1cccc(C(C)(C)C)c1. The van der Waals surface area contributed by atoms with Crippen molar-refractivity contribution >= 4 is 0 Å². The first kappa shape index (κ1) is 50.5. The van der Waals surface area contributed by atoms with Gasteiger partial charge in [-0.25, -0.2) is 0 Å². The lowest BCUT2D eigenvalue weighted by Crippen LogP contribution is -2.17. The highest BCUT2D eigenvalue weighted by Crippen LogP contribution is 2.37. The van der Waals surface area contributed by atoms with Crippen LogP contribution in [-0.2, 0) is 27.1 Å². The van der Waals surface area contributed by atoms with Gasteiger partial charge in [0.2, 0.25) is 6.79 Å². The van der Waals surface area contributed by atoms with Crippen LogP contribution in [-0.4, -0.2) is 27.1 Å². The number of hydrogen-bond acceptors (Lipinski definition) is 5. The summed E-state index contributed by atoms with van der Waals surface area (Å²) in [5.74, 6) is 4.39. The molecule has 5 heteroatoms. The molecule has 0 radical (unpaired) electrons. The van der Waals surface area contributed by atoms with Crippen LogP contribution in [0.2, 0.25) is 0 Å². The van der Waals surface area contributed by atoms with Crippen LogP contribution < -0.4 is 23.7 Å². The third kappa shape index (κ3) is 16.8. The van der Waals surface area contributed by atoms with Gasteiger partial charge >= 0.3 is 0 Å². The van der Waals surface area contributed by atoms with Crippen molar-refractivity contribution in [3.63, 3.8) is 0 Å². The minimum absolute atomic E-state index is 0.163. The standard InChI is InChI=1S/C12H16O2.C11H14O2.C11H16O.2C11H16/c1-12(2,3)9-4-5-10-11(8-9)14-7-6-13-10;1-11(2,3)8-4-5-9-10(6-8)13-7-12-9;1-11(2,3)9-5-7-10(12-4)8-6-9;2*1-9-6-5-7-10(8-9)11(2,3)4/h4-5,8H,6-7H2,1-3H3;4-6H,7H2,1-3H3;5-8H,1-4H3;2*5-8H,1-4H3. The van der Waals surface area contributed by atoms with E-state index >= 15 is 0 Å². The largest absolute Gasteiger partial charge is 0.497 e. The molecule has 61 heavy (non-hydrogen) atoms. The molecule has 5 aromatic rings. The Morgan fingerprint density at radius 1 is 0.361 bits per heavy atom. The fourth-order valence-electron chi connectivity index (χ4n) is 6.19. The Balaban J connectivity index is 0.000000204. The lowest BCUT2D eigenvalue weighted by molar-refractivity contribution is 0.171. The number of aryl methyl sites for hydroxylation is 2. The predicted molar refractivity (Wildman–Crippen MR) is 259 cm³/mol. The topological polar surface area (TPSA) is 46.2 Å². The van der Waals surface area contributed by atoms with E-state index in [0.717, 1.165) is 28.7 Å². The highest BCUT2D eigenvalue weighted by Gasteiger charge is 2.20. The Hall–Kier alpha value is -4.90. The fraction of sp³-hybridized carbons (Fsp3) is 0.464. The van der Waals surface area contributed by atoms with Crippen LogP contribution in [0.4, 0.5) is 0 Å². The van der Waals surface area contributed by atoms with E-state index in [9.17, 15) is 0 Å². The first-order valence-corrected chi connectivity index (χ1v) is 21.8. The van der Waals surface area contributed by atoms with Crippen LogP contribution in [0.15, 0.2) is 109 Å². The van der Waals surface area contributed by atoms with E-state index in [4.69, 9.17) is 23.7 Å². The summed E-state index contributed by atoms with van der Waals surface area (Å²) in [6, 6.07) is 37.9. The molecule has 0 amide bonds. The molecule has 5 aromatic carbocycles. The van der Waals surface area contributed by atoms with Crippen LogP contribution in [0.25, 0.3) is 0 Å². The van der Waals surface area contributed by atoms with Crippen LogP contribution in [0.3, 0.4) is 0 Å². The molecular weight excluding hydrogens is 753 g/mol. The van der Waals surface area contributed by atoms with Gasteiger partial charge in [0.25, 0.3) is 0 Å². The highest BCUT2D eigenvalue weighted by atomic mass is 16.7. The Bertz CT molecular complexity index is 2040. The van der Waals surface area contributed by atoms with Crippen LogP contribution in [0.5, 0.6) is 28.7 Å². The maximum atomic E-state index is 5.53. The molecule has 2 aliphatic heterocycles. The van der Waals surface area contributed by atoms with Crippen molar-refractivity contribution in [3.05, 3.63) is 148 Å². The van der Waals surface area contributed by atoms with Crippen molar-refractivity contribution in [1.29, 1.82) is 0 Å². The van der Waals surface area contributed by atoms with E-state index in [0.29, 0.717) is 20.0 Å². The first-order chi connectivity index (χ1) is 28.2. The molecule has 2 aliphatic rings. The zero-order chi connectivity index (χ0) is 45.8. The number of rotatable bonds is 1. The molecule has 0 unspecified atom stereocenters. The number of hydrogen-bond donors (Lipinski definition) is 0. The molecule has 0 spiro atoms. The Labute approximate surface area is 371 Å². The summed E-state index contributed by atoms with van der Waals surface area (Å²) in [6.45, 7) is 39.1. The minimum atomic E-state index is 0.163. The number of benzene rings is 5. The summed E-state index contributed by atoms with van der Waals surface area (Å²) in [4.78, 5) is 0. The minimum Gasteiger partial charge on any atom is -0.497 e. The van der Waals surface area contributed by atoms with Gasteiger partial charge in [-0.15, -0.1) is 0 Å². The van der Waals surface area contributed by atoms with Crippen LogP contribution >= 0.6 is 0 Å². The Morgan fingerprint density at radius 3 is 1.05 bits per heavy atom. The van der Waals surface area contributed by atoms with E-state index in [2.05, 4.69) is 203 Å². The summed E-state index contributed by atoms with van der Waals surface area (Å²) in [7, 11) is 1.69. The van der Waals surface area contributed by atoms with Crippen molar-refractivity contribution in [2.45, 2.75) is 145 Å². The second kappa shape index (κ2) is 21.3. The molecule has 0 aromatic heterocycles. The molecule has 5 nitrogen and oxygen atoms in total. The summed E-state index contributed by atoms with van der Waals surface area (Å²) in [5.41, 5.74) is 10.5. The van der Waals surface area contributed by atoms with Gasteiger partial charge < -0.3 is 23.7 Å². The predicted octanol–water partition coefficient (Wildman–Crippen LogP) is 15.0. The molecule has 0 aliphatic carbocycles. The smallest absolute Gasteiger partial charge is 0.231 e. The molecular formula is C56H78O5. The van der Waals surface area contributed by atoms with Crippen molar-refractivity contribution in [1.82, 2.24) is 0 Å². The van der Waals surface area contributed by atoms with Gasteiger partial charge in [-0.2, -0.15) is 0 Å². The Morgan fingerprint density at radius 2 is 0.689 bits per heavy atom. The molecule has 0 N–H and O–H groups in total. The summed E-state index contributed by atoms with van der Waals surface area (Å²) >= 11 is 0. The lowest BCUT2D eigenvalue weighted by Gasteiger charge is -2.23. The van der Waals surface area contributed by atoms with E-state index < -0.39 is 0 Å². The van der Waals surface area contributed by atoms with Gasteiger partial charge in [0.05, 0.1) is 7.11 Å². The van der Waals surface area contributed by atoms with Gasteiger partial charge in [0.15, 0.2) is 23.0 Å². The molecule has 0 fully saturated rings. The van der Waals surface area contributed by atoms with Crippen LogP contribution in [0, 0.1) is 13.8 Å². The van der Waals surface area contributed by atoms with Crippen molar-refractivity contribution in [2.75, 3.05) is 27.1 Å². The number of fused-ring (bicyclic) bond motifs is 2. The number of methoxy groups -OCH3 is 1. The average molecular weight is 831 g/mol. The number of ether oxygens (including phenoxy) is 5. The monoisotopic (exact) mass is 831 g/mol. The van der Waals surface area contributed by atoms with Gasteiger partial charge in [-0.05, 0) is 105 Å². The third-order valence-corrected chi connectivity index (χ3v) is 10.4. The summed E-state index contributed by atoms with van der Waals surface area (Å²) in [5, 5.41) is 0. The zero-order valence-corrected chi connectivity index (χ0v) is 41.1. The molecule has 0 bridgehead atoms. The van der Waals surface area contributed by atoms with Crippen molar-refractivity contribution in [3.8, 4) is 28.7 Å². The highest BCUT2D eigenvalue weighted by molar-refractivity contribution is 5.47. The lowest BCUT2D eigenvalue weighted by atomic mass is 9.86. The second-order valence-electron chi connectivity index (χ2n) is 21.1. The van der Waals surface area contributed by atoms with E-state index in [1.165, 1.54) is 38.9 Å². The van der Waals surface area contributed by atoms with E-state index in [1.807, 2.05) is 24.3 Å². The summed E-state index contributed by atoms with van der Waals surface area (Å²) in [6.07, 6.45) is 0. The fourth-order valence-corrected chi connectivity index (χ4v) is 6.19. The maximum Gasteiger partial charge on any atom is 0.231 e. The summed E-state index contributed by atoms with van der Waals surface area (Å²) < 4.78 is 26.6. The van der Waals surface area contributed by atoms with Gasteiger partial charge in [-0.3, -0.25) is 0 Å². The molecule has 0 atom stereocenters. The van der Waals surface area contributed by atoms with Crippen molar-refractivity contribution in [2.24, 2.45) is 0 Å². The normalized spacial score (nSPS) is 13.1. The third-order valence-electron chi connectivity index (χ3n) is 10.4. The molecule has 0 saturated heterocycles. The van der Waals surface area contributed by atoms with Gasteiger partial charge in [-0.1, -0.05) is 188 Å². The van der Waals surface area contributed by atoms with E-state index in [-0.39, 0.29) is 27.1 Å². The molecule has 332 valence electrons. The second-order valence-corrected chi connectivity index (χ2v) is 21.1. The van der Waals surface area contributed by atoms with E-state index in [1.54, 1.807) is 7.11 Å². The van der Waals surface area contributed by atoms with Gasteiger partial charge in [0.1, 0.15) is 19.0 Å². The molecule has 0 saturated carbocycles. The Kier molecular flexibility index (Phi) is 17.6. The zero-order valence-electron chi connectivity index (χ0n) is 41.1. The maximum absolute atomic E-state index is 5.53. The van der Waals surface area contributed by atoms with Gasteiger partial charge in [0, 0.05) is 0 Å². The first-order valence-electron chi connectivity index (χ1n) is 21.8. The molecule has 2 heterocycles. The molecule has 7 rings (SSSR count). The van der Waals surface area contributed by atoms with Crippen LogP contribution in [0.1, 0.15) is 143 Å². The average Bonchev–Trinajstić information content (AvgIpc) is 3.66.